The molecule has 0 spiro atoms. The Hall–Kier alpha value is -0.813. The molecule has 0 amide bonds. The number of halogens is 3. The van der Waals surface area contributed by atoms with Crippen LogP contribution < -0.4 is 0 Å². The highest BCUT2D eigenvalue weighted by Gasteiger charge is 2.57. The Kier molecular flexibility index (Phi) is 8.88. The van der Waals surface area contributed by atoms with Gasteiger partial charge in [0.15, 0.2) is 5.78 Å². The Balaban J connectivity index is 0.000000636. The van der Waals surface area contributed by atoms with E-state index in [1.165, 1.54) is 30.4 Å². The maximum atomic E-state index is 12.6. The van der Waals surface area contributed by atoms with E-state index >= 15 is 0 Å². The SMILES string of the molecule is C[C@]12CC[C@H]3[C@@H](CCC4=CC(=O)CC[C@@H]43)[C@@H]1CC[C@@H]2OC(=O)CCc1ccccc1.Cl[SiH](Cl)Cl. The van der Waals surface area contributed by atoms with Crippen molar-refractivity contribution in [1.82, 2.24) is 0 Å². The minimum absolute atomic E-state index is 0.0347. The molecule has 0 aliphatic heterocycles. The van der Waals surface area contributed by atoms with Gasteiger partial charge in [-0.25, -0.2) is 0 Å². The lowest BCUT2D eigenvalue weighted by Gasteiger charge is -2.53. The van der Waals surface area contributed by atoms with Gasteiger partial charge in [-0.15, -0.1) is 33.2 Å². The number of carbonyl (C=O) groups is 2. The molecule has 0 N–H and O–H groups in total. The Morgan fingerprint density at radius 1 is 1.03 bits per heavy atom. The lowest BCUT2D eigenvalue weighted by Crippen LogP contribution is -2.48. The molecule has 4 aliphatic rings. The van der Waals surface area contributed by atoms with Crippen molar-refractivity contribution in [3.63, 3.8) is 0 Å². The Labute approximate surface area is 219 Å². The van der Waals surface area contributed by atoms with Gasteiger partial charge in [-0.2, -0.15) is 0 Å². The molecule has 1 aromatic carbocycles. The van der Waals surface area contributed by atoms with Gasteiger partial charge < -0.3 is 4.74 Å². The number of fused-ring (bicyclic) bond motifs is 5. The Morgan fingerprint density at radius 3 is 2.50 bits per heavy atom. The number of rotatable bonds is 4. The van der Waals surface area contributed by atoms with Crippen LogP contribution in [0.15, 0.2) is 42.0 Å². The average molecular weight is 542 g/mol. The summed E-state index contributed by atoms with van der Waals surface area (Å²) in [4.78, 5) is 24.5. The van der Waals surface area contributed by atoms with Gasteiger partial charge in [-0.05, 0) is 86.7 Å². The third kappa shape index (κ3) is 5.94. The zero-order valence-corrected chi connectivity index (χ0v) is 23.3. The Morgan fingerprint density at radius 2 is 1.76 bits per heavy atom. The van der Waals surface area contributed by atoms with E-state index in [2.05, 4.69) is 19.1 Å². The van der Waals surface area contributed by atoms with E-state index in [4.69, 9.17) is 38.0 Å². The van der Waals surface area contributed by atoms with Gasteiger partial charge in [-0.3, -0.25) is 9.59 Å². The first kappa shape index (κ1) is 26.3. The summed E-state index contributed by atoms with van der Waals surface area (Å²) >= 11 is 14.8. The lowest BCUT2D eigenvalue weighted by molar-refractivity contribution is -0.158. The van der Waals surface area contributed by atoms with Crippen molar-refractivity contribution in [1.29, 1.82) is 0 Å². The second kappa shape index (κ2) is 11.5. The number of allylic oxidation sites excluding steroid dienone is 1. The van der Waals surface area contributed by atoms with Crippen molar-refractivity contribution in [3.8, 4) is 0 Å². The number of carbonyl (C=O) groups excluding carboxylic acids is 2. The van der Waals surface area contributed by atoms with E-state index in [0.717, 1.165) is 50.4 Å². The van der Waals surface area contributed by atoms with Crippen LogP contribution in [0.2, 0.25) is 0 Å². The van der Waals surface area contributed by atoms with Gasteiger partial charge in [-0.1, -0.05) is 42.8 Å². The molecule has 3 fully saturated rings. The molecular formula is C27H35Cl3O3Si. The van der Waals surface area contributed by atoms with Gasteiger partial charge in [0, 0.05) is 18.3 Å². The van der Waals surface area contributed by atoms with Gasteiger partial charge in [0.05, 0.1) is 0 Å². The maximum Gasteiger partial charge on any atom is 0.326 e. The third-order valence-corrected chi connectivity index (χ3v) is 8.95. The molecule has 3 saturated carbocycles. The summed E-state index contributed by atoms with van der Waals surface area (Å²) in [7, 11) is 0. The summed E-state index contributed by atoms with van der Waals surface area (Å²) in [5, 5.41) is 0. The van der Waals surface area contributed by atoms with Crippen molar-refractivity contribution in [3.05, 3.63) is 47.5 Å². The van der Waals surface area contributed by atoms with Crippen molar-refractivity contribution < 1.29 is 14.3 Å². The van der Waals surface area contributed by atoms with E-state index in [-0.39, 0.29) is 17.5 Å². The number of esters is 1. The molecular weight excluding hydrogens is 507 g/mol. The maximum absolute atomic E-state index is 12.6. The number of ketones is 1. The summed E-state index contributed by atoms with van der Waals surface area (Å²) in [6.07, 6.45) is 12.0. The zero-order chi connectivity index (χ0) is 24.3. The van der Waals surface area contributed by atoms with Crippen molar-refractivity contribution >= 4 is 51.7 Å². The number of benzene rings is 1. The third-order valence-electron chi connectivity index (χ3n) is 8.95. The Bertz CT molecular complexity index is 903. The molecule has 0 radical (unpaired) electrons. The summed E-state index contributed by atoms with van der Waals surface area (Å²) in [6, 6.07) is 10.2. The molecule has 0 unspecified atom stereocenters. The number of hydrogen-bond acceptors (Lipinski definition) is 3. The van der Waals surface area contributed by atoms with E-state index in [1.54, 1.807) is 0 Å². The van der Waals surface area contributed by atoms with Crippen LogP contribution in [-0.4, -0.2) is 24.6 Å². The molecule has 4 aliphatic carbocycles. The van der Waals surface area contributed by atoms with E-state index in [1.807, 2.05) is 24.3 Å². The first-order chi connectivity index (χ1) is 16.3. The number of aryl methyl sites for hydroxylation is 1. The second-order valence-electron chi connectivity index (χ2n) is 10.6. The van der Waals surface area contributed by atoms with Crippen LogP contribution in [-0.2, 0) is 20.7 Å². The summed E-state index contributed by atoms with van der Waals surface area (Å²) in [5.74, 6) is 3.09. The molecule has 0 saturated heterocycles. The fraction of sp³-hybridized carbons (Fsp3) is 0.630. The normalized spacial score (nSPS) is 34.2. The first-order valence-electron chi connectivity index (χ1n) is 12.7. The quantitative estimate of drug-likeness (QED) is 0.232. The van der Waals surface area contributed by atoms with Gasteiger partial charge in [0.25, 0.3) is 0 Å². The number of hydrogen-bond donors (Lipinski definition) is 0. The minimum Gasteiger partial charge on any atom is -0.462 e. The van der Waals surface area contributed by atoms with Crippen LogP contribution in [0.25, 0.3) is 0 Å². The largest absolute Gasteiger partial charge is 0.462 e. The molecule has 6 atom stereocenters. The summed E-state index contributed by atoms with van der Waals surface area (Å²) < 4.78 is 6.11. The highest BCUT2D eigenvalue weighted by Crippen LogP contribution is 2.62. The molecule has 5 rings (SSSR count). The molecule has 0 heterocycles. The van der Waals surface area contributed by atoms with Gasteiger partial charge >= 0.3 is 12.7 Å². The van der Waals surface area contributed by atoms with Crippen LogP contribution in [0.3, 0.4) is 0 Å². The van der Waals surface area contributed by atoms with Crippen LogP contribution in [0.4, 0.5) is 0 Å². The van der Waals surface area contributed by atoms with Gasteiger partial charge in [0.1, 0.15) is 6.10 Å². The van der Waals surface area contributed by atoms with E-state index < -0.39 is 6.73 Å². The molecule has 7 heteroatoms. The molecule has 0 bridgehead atoms. The first-order valence-corrected chi connectivity index (χ1v) is 17.9. The predicted octanol–water partition coefficient (Wildman–Crippen LogP) is 7.09. The lowest BCUT2D eigenvalue weighted by atomic mass is 9.52. The topological polar surface area (TPSA) is 43.4 Å². The highest BCUT2D eigenvalue weighted by molar-refractivity contribution is 7.54. The molecule has 186 valence electrons. The van der Waals surface area contributed by atoms with Gasteiger partial charge in [0.2, 0.25) is 0 Å². The van der Waals surface area contributed by atoms with E-state index in [9.17, 15) is 9.59 Å². The second-order valence-corrected chi connectivity index (χ2v) is 17.1. The smallest absolute Gasteiger partial charge is 0.326 e. The molecule has 1 aromatic rings. The molecule has 3 nitrogen and oxygen atoms in total. The molecule has 34 heavy (non-hydrogen) atoms. The van der Waals surface area contributed by atoms with Crippen LogP contribution >= 0.6 is 33.2 Å². The summed E-state index contributed by atoms with van der Waals surface area (Å²) in [6.45, 7) is 0.672. The summed E-state index contributed by atoms with van der Waals surface area (Å²) in [5.41, 5.74) is 2.77. The minimum atomic E-state index is -1.72. The van der Waals surface area contributed by atoms with Crippen molar-refractivity contribution in [2.24, 2.45) is 29.1 Å². The van der Waals surface area contributed by atoms with E-state index in [0.29, 0.717) is 24.0 Å². The van der Waals surface area contributed by atoms with Crippen LogP contribution in [0, 0.1) is 29.1 Å². The van der Waals surface area contributed by atoms with Crippen LogP contribution in [0.5, 0.6) is 0 Å². The van der Waals surface area contributed by atoms with Crippen LogP contribution in [0.1, 0.15) is 70.3 Å². The fourth-order valence-corrected chi connectivity index (χ4v) is 7.43. The predicted molar refractivity (Wildman–Crippen MR) is 141 cm³/mol. The fourth-order valence-electron chi connectivity index (χ4n) is 7.43. The van der Waals surface area contributed by atoms with Crippen molar-refractivity contribution in [2.45, 2.75) is 77.2 Å². The number of ether oxygens (including phenoxy) is 1. The van der Waals surface area contributed by atoms with Crippen molar-refractivity contribution in [2.75, 3.05) is 0 Å². The average Bonchev–Trinajstić information content (AvgIpc) is 3.13. The monoisotopic (exact) mass is 540 g/mol. The molecule has 0 aromatic heterocycles. The zero-order valence-electron chi connectivity index (χ0n) is 19.9. The standard InChI is InChI=1S/C27H34O3.Cl3HSi/c1-27-16-15-22-21-11-9-20(28)17-19(21)8-10-23(22)24(27)12-13-25(27)30-26(29)14-7-18-5-3-2-4-6-18;1-4(2)3/h2-6,17,21-25H,7-16H2,1H3;4H/t21-,22+,23+,24-,25-,27-;/m0./s1. The highest BCUT2D eigenvalue weighted by atomic mass is 35.8.